The largest absolute Gasteiger partial charge is 0.493 e. The second-order valence-corrected chi connectivity index (χ2v) is 11.5. The molecular weight excluding hydrogens is 554 g/mol. The van der Waals surface area contributed by atoms with E-state index in [1.165, 1.54) is 18.2 Å². The zero-order chi connectivity index (χ0) is 29.5. The first-order valence-electron chi connectivity index (χ1n) is 14.5. The van der Waals surface area contributed by atoms with Crippen molar-refractivity contribution >= 4 is 46.2 Å². The number of hydrogen-bond donors (Lipinski definition) is 2. The van der Waals surface area contributed by atoms with Gasteiger partial charge in [-0.25, -0.2) is 4.99 Å². The summed E-state index contributed by atoms with van der Waals surface area (Å²) in [6.45, 7) is 0.456. The minimum absolute atomic E-state index is 0.0411. The van der Waals surface area contributed by atoms with Crippen LogP contribution < -0.4 is 20.1 Å². The number of hydrogen-bond acceptors (Lipinski definition) is 8. The normalized spacial score (nSPS) is 18.0. The molecule has 222 valence electrons. The van der Waals surface area contributed by atoms with Crippen LogP contribution in [0.5, 0.6) is 11.5 Å². The Balaban J connectivity index is 1.20. The first-order valence-corrected chi connectivity index (χ1v) is 15.4. The van der Waals surface area contributed by atoms with Crippen molar-refractivity contribution < 1.29 is 23.9 Å². The highest BCUT2D eigenvalue weighted by Crippen LogP contribution is 2.35. The van der Waals surface area contributed by atoms with Crippen molar-refractivity contribution in [3.8, 4) is 11.5 Å². The number of ether oxygens (including phenoxy) is 2. The van der Waals surface area contributed by atoms with Crippen LogP contribution in [-0.2, 0) is 20.8 Å². The monoisotopic (exact) mass is 591 g/mol. The molecule has 1 saturated carbocycles. The molecule has 42 heavy (non-hydrogen) atoms. The number of nitrogens with zero attached hydrogens (tertiary/aromatic N) is 3. The molecule has 0 spiro atoms. The van der Waals surface area contributed by atoms with E-state index in [9.17, 15) is 14.4 Å². The highest BCUT2D eigenvalue weighted by molar-refractivity contribution is 8.14. The van der Waals surface area contributed by atoms with E-state index in [4.69, 9.17) is 14.5 Å². The van der Waals surface area contributed by atoms with Crippen molar-refractivity contribution in [2.45, 2.75) is 63.5 Å². The minimum atomic E-state index is -0.634. The van der Waals surface area contributed by atoms with Crippen LogP contribution in [-0.4, -0.2) is 72.2 Å². The van der Waals surface area contributed by atoms with Crippen LogP contribution >= 0.6 is 11.8 Å². The van der Waals surface area contributed by atoms with Gasteiger partial charge in [0.25, 0.3) is 5.91 Å². The molecule has 0 aromatic heterocycles. The molecule has 5 rings (SSSR count). The fourth-order valence-corrected chi connectivity index (χ4v) is 6.43. The van der Waals surface area contributed by atoms with Gasteiger partial charge < -0.3 is 20.1 Å². The van der Waals surface area contributed by atoms with Crippen LogP contribution in [0.4, 0.5) is 5.69 Å². The average molecular weight is 592 g/mol. The Morgan fingerprint density at radius 1 is 1.00 bits per heavy atom. The van der Waals surface area contributed by atoms with Crippen LogP contribution in [0.25, 0.3) is 0 Å². The summed E-state index contributed by atoms with van der Waals surface area (Å²) in [5, 5.41) is 6.62. The Labute approximate surface area is 250 Å². The van der Waals surface area contributed by atoms with Gasteiger partial charge in [-0.15, -0.1) is 0 Å². The third kappa shape index (κ3) is 6.95. The number of aliphatic imine (C=N–C) groups is 2. The highest BCUT2D eigenvalue weighted by Gasteiger charge is 2.41. The summed E-state index contributed by atoms with van der Waals surface area (Å²) in [4.78, 5) is 49.6. The second-order valence-electron chi connectivity index (χ2n) is 10.6. The predicted octanol–water partition coefficient (Wildman–Crippen LogP) is 3.98. The number of benzene rings is 2. The highest BCUT2D eigenvalue weighted by atomic mass is 32.2. The maximum Gasteiger partial charge on any atom is 0.270 e. The molecule has 0 bridgehead atoms. The molecular formula is C31H37N5O5S. The Morgan fingerprint density at radius 3 is 2.57 bits per heavy atom. The van der Waals surface area contributed by atoms with E-state index in [1.807, 2.05) is 42.5 Å². The quantitative estimate of drug-likeness (QED) is 0.405. The maximum absolute atomic E-state index is 13.1. The standard InChI is InChI=1S/C31H37N5O5S/c1-40-25-14-12-20(18-26(25)41-2)16-17-32-28(38)19-42-31-34-23-11-7-6-10-22(23)29-35-30(39)24(36(29)31)13-15-27(37)33-21-8-4-3-5-9-21/h6-7,10-12,14,18,21,24H,3-5,8-9,13,15-17,19H2,1-2H3,(H,32,38)(H,33,37). The first-order chi connectivity index (χ1) is 20.5. The lowest BCUT2D eigenvalue weighted by molar-refractivity contribution is -0.123. The van der Waals surface area contributed by atoms with Crippen LogP contribution in [0, 0.1) is 0 Å². The molecule has 3 aliphatic rings. The smallest absolute Gasteiger partial charge is 0.270 e. The third-order valence-corrected chi connectivity index (χ3v) is 8.69. The van der Waals surface area contributed by atoms with Crippen LogP contribution in [0.15, 0.2) is 52.4 Å². The average Bonchev–Trinajstić information content (AvgIpc) is 3.35. The molecule has 2 aromatic rings. The van der Waals surface area contributed by atoms with Crippen LogP contribution in [0.1, 0.15) is 56.1 Å². The lowest BCUT2D eigenvalue weighted by atomic mass is 9.95. The van der Waals surface area contributed by atoms with Crippen molar-refractivity contribution in [3.05, 3.63) is 53.6 Å². The second kappa shape index (κ2) is 13.9. The molecule has 2 heterocycles. The van der Waals surface area contributed by atoms with Crippen LogP contribution in [0.2, 0.25) is 0 Å². The summed E-state index contributed by atoms with van der Waals surface area (Å²) in [5.74, 6) is 1.48. The molecule has 11 heteroatoms. The number of nitrogens with one attached hydrogen (secondary N) is 2. The van der Waals surface area contributed by atoms with Crippen LogP contribution in [0.3, 0.4) is 0 Å². The van der Waals surface area contributed by atoms with E-state index in [0.29, 0.717) is 47.6 Å². The molecule has 1 unspecified atom stereocenters. The molecule has 3 amide bonds. The zero-order valence-electron chi connectivity index (χ0n) is 24.1. The number of methoxy groups -OCH3 is 2. The Kier molecular flexibility index (Phi) is 9.78. The summed E-state index contributed by atoms with van der Waals surface area (Å²) >= 11 is 1.27. The van der Waals surface area contributed by atoms with Gasteiger partial charge >= 0.3 is 0 Å². The minimum Gasteiger partial charge on any atom is -0.493 e. The molecule has 2 N–H and O–H groups in total. The Bertz CT molecular complexity index is 1390. The van der Waals surface area contributed by atoms with Crippen molar-refractivity contribution in [1.82, 2.24) is 15.5 Å². The SMILES string of the molecule is COc1ccc(CCNC(=O)CSC2=Nc3ccccc3C3=NC(=O)C(CCC(=O)NC4CCCCC4)N23)cc1OC. The zero-order valence-corrected chi connectivity index (χ0v) is 24.9. The maximum atomic E-state index is 13.1. The molecule has 2 aliphatic heterocycles. The number of fused-ring (bicyclic) bond motifs is 3. The van der Waals surface area contributed by atoms with Gasteiger partial charge in [0.2, 0.25) is 11.8 Å². The van der Waals surface area contributed by atoms with E-state index >= 15 is 0 Å². The summed E-state index contributed by atoms with van der Waals surface area (Å²) in [7, 11) is 3.18. The molecule has 10 nitrogen and oxygen atoms in total. The molecule has 2 aromatic carbocycles. The van der Waals surface area contributed by atoms with Gasteiger partial charge in [0.05, 0.1) is 25.7 Å². The Morgan fingerprint density at radius 2 is 1.79 bits per heavy atom. The van der Waals surface area contributed by atoms with Gasteiger partial charge in [-0.2, -0.15) is 4.99 Å². The van der Waals surface area contributed by atoms with Crippen molar-refractivity contribution in [3.63, 3.8) is 0 Å². The fraction of sp³-hybridized carbons (Fsp3) is 0.452. The van der Waals surface area contributed by atoms with E-state index in [0.717, 1.165) is 36.8 Å². The number of carbonyl (C=O) groups is 3. The van der Waals surface area contributed by atoms with E-state index in [-0.39, 0.29) is 35.9 Å². The van der Waals surface area contributed by atoms with Crippen molar-refractivity contribution in [2.75, 3.05) is 26.5 Å². The summed E-state index contributed by atoms with van der Waals surface area (Å²) in [6.07, 6.45) is 6.69. The number of thioether (sulfide) groups is 1. The number of carbonyl (C=O) groups excluding carboxylic acids is 3. The van der Waals surface area contributed by atoms with E-state index in [2.05, 4.69) is 15.6 Å². The van der Waals surface area contributed by atoms with Gasteiger partial charge in [0.15, 0.2) is 16.7 Å². The summed E-state index contributed by atoms with van der Waals surface area (Å²) in [6, 6.07) is 12.8. The number of rotatable bonds is 11. The van der Waals surface area contributed by atoms with Gasteiger partial charge in [-0.05, 0) is 55.5 Å². The Hall–Kier alpha value is -3.86. The van der Waals surface area contributed by atoms with Gasteiger partial charge in [-0.3, -0.25) is 19.3 Å². The summed E-state index contributed by atoms with van der Waals surface area (Å²) < 4.78 is 10.6. The first kappa shape index (κ1) is 29.6. The topological polar surface area (TPSA) is 122 Å². The van der Waals surface area contributed by atoms with Gasteiger partial charge in [0, 0.05) is 24.6 Å². The van der Waals surface area contributed by atoms with Crippen molar-refractivity contribution in [1.29, 1.82) is 0 Å². The number of amidine groups is 2. The molecule has 1 atom stereocenters. The lowest BCUT2D eigenvalue weighted by Gasteiger charge is -2.31. The molecule has 0 saturated heterocycles. The summed E-state index contributed by atoms with van der Waals surface area (Å²) in [5.41, 5.74) is 2.48. The predicted molar refractivity (Wildman–Crippen MR) is 164 cm³/mol. The molecule has 1 aliphatic carbocycles. The van der Waals surface area contributed by atoms with E-state index < -0.39 is 6.04 Å². The lowest BCUT2D eigenvalue weighted by Crippen LogP contribution is -2.45. The fourth-order valence-electron chi connectivity index (χ4n) is 5.55. The molecule has 1 fully saturated rings. The number of amides is 3. The van der Waals surface area contributed by atoms with Gasteiger partial charge in [-0.1, -0.05) is 49.2 Å². The number of para-hydroxylation sites is 1. The third-order valence-electron chi connectivity index (χ3n) is 7.74. The van der Waals surface area contributed by atoms with E-state index in [1.54, 1.807) is 19.1 Å². The molecule has 0 radical (unpaired) electrons. The van der Waals surface area contributed by atoms with Crippen molar-refractivity contribution in [2.24, 2.45) is 9.98 Å². The van der Waals surface area contributed by atoms with Gasteiger partial charge in [0.1, 0.15) is 11.9 Å².